The highest BCUT2D eigenvalue weighted by atomic mass is 19.1. The van der Waals surface area contributed by atoms with Gasteiger partial charge in [0, 0.05) is 45.9 Å². The number of aryl methyl sites for hydroxylation is 1. The lowest BCUT2D eigenvalue weighted by atomic mass is 9.73. The molecule has 2 aliphatic rings. The summed E-state index contributed by atoms with van der Waals surface area (Å²) in [7, 11) is 0. The van der Waals surface area contributed by atoms with E-state index in [0.717, 1.165) is 38.3 Å². The Kier molecular flexibility index (Phi) is 5.97. The molecular weight excluding hydrogens is 367 g/mol. The maximum atomic E-state index is 13.6. The van der Waals surface area contributed by atoms with Crippen molar-refractivity contribution in [1.29, 1.82) is 0 Å². The molecule has 5 heteroatoms. The van der Waals surface area contributed by atoms with E-state index in [1.165, 1.54) is 23.3 Å². The Balaban J connectivity index is 1.45. The molecular formula is C24H29FN2O2. The number of amides is 1. The van der Waals surface area contributed by atoms with E-state index >= 15 is 0 Å². The molecule has 4 nitrogen and oxygen atoms in total. The summed E-state index contributed by atoms with van der Waals surface area (Å²) in [6, 6.07) is 14.9. The molecule has 2 aliphatic heterocycles. The van der Waals surface area contributed by atoms with E-state index in [-0.39, 0.29) is 11.7 Å². The fraction of sp³-hybridized carbons (Fsp3) is 0.458. The summed E-state index contributed by atoms with van der Waals surface area (Å²) in [6.07, 6.45) is 1.31. The number of hydrogen-bond acceptors (Lipinski definition) is 3. The number of ether oxygens (including phenoxy) is 1. The zero-order valence-corrected chi connectivity index (χ0v) is 17.1. The first-order valence-electron chi connectivity index (χ1n) is 10.5. The lowest BCUT2D eigenvalue weighted by molar-refractivity contribution is -0.143. The average molecular weight is 397 g/mol. The second-order valence-corrected chi connectivity index (χ2v) is 8.20. The van der Waals surface area contributed by atoms with Crippen molar-refractivity contribution in [1.82, 2.24) is 9.80 Å². The molecule has 29 heavy (non-hydrogen) atoms. The van der Waals surface area contributed by atoms with Gasteiger partial charge in [0.2, 0.25) is 5.91 Å². The highest BCUT2D eigenvalue weighted by Crippen LogP contribution is 2.37. The molecule has 0 aliphatic carbocycles. The molecule has 154 valence electrons. The van der Waals surface area contributed by atoms with E-state index < -0.39 is 5.41 Å². The third kappa shape index (κ3) is 4.21. The zero-order valence-electron chi connectivity index (χ0n) is 17.1. The van der Waals surface area contributed by atoms with Gasteiger partial charge in [-0.05, 0) is 48.6 Å². The number of hydrogen-bond donors (Lipinski definition) is 0. The summed E-state index contributed by atoms with van der Waals surface area (Å²) < 4.78 is 19.0. The Labute approximate surface area is 172 Å². The van der Waals surface area contributed by atoms with Crippen LogP contribution in [0.4, 0.5) is 4.39 Å². The third-order valence-electron chi connectivity index (χ3n) is 6.47. The van der Waals surface area contributed by atoms with Crippen LogP contribution in [0.1, 0.15) is 29.5 Å². The van der Waals surface area contributed by atoms with Gasteiger partial charge in [-0.1, -0.05) is 36.4 Å². The first-order valence-corrected chi connectivity index (χ1v) is 10.5. The van der Waals surface area contributed by atoms with Gasteiger partial charge >= 0.3 is 0 Å². The predicted octanol–water partition coefficient (Wildman–Crippen LogP) is 3.53. The van der Waals surface area contributed by atoms with Crippen LogP contribution in [0, 0.1) is 12.7 Å². The molecule has 0 N–H and O–H groups in total. The maximum absolute atomic E-state index is 13.6. The van der Waals surface area contributed by atoms with Crippen LogP contribution in [0.2, 0.25) is 0 Å². The van der Waals surface area contributed by atoms with Crippen LogP contribution in [0.3, 0.4) is 0 Å². The summed E-state index contributed by atoms with van der Waals surface area (Å²) in [5, 5.41) is 0. The van der Waals surface area contributed by atoms with Crippen molar-refractivity contribution in [3.05, 3.63) is 71.0 Å². The van der Waals surface area contributed by atoms with E-state index in [1.807, 2.05) is 4.90 Å². The molecule has 0 saturated carbocycles. The maximum Gasteiger partial charge on any atom is 0.233 e. The quantitative estimate of drug-likeness (QED) is 0.793. The Bertz CT molecular complexity index is 838. The van der Waals surface area contributed by atoms with Crippen molar-refractivity contribution >= 4 is 5.91 Å². The molecule has 2 fully saturated rings. The van der Waals surface area contributed by atoms with Crippen LogP contribution in [0.15, 0.2) is 48.5 Å². The molecule has 4 rings (SSSR count). The van der Waals surface area contributed by atoms with E-state index in [4.69, 9.17) is 4.74 Å². The van der Waals surface area contributed by atoms with Gasteiger partial charge in [0.15, 0.2) is 0 Å². The number of rotatable bonds is 4. The zero-order chi connectivity index (χ0) is 20.3. The van der Waals surface area contributed by atoms with Crippen molar-refractivity contribution in [2.45, 2.75) is 31.7 Å². The first-order chi connectivity index (χ1) is 14.1. The highest BCUT2D eigenvalue weighted by Gasteiger charge is 2.44. The molecule has 2 aromatic carbocycles. The van der Waals surface area contributed by atoms with Crippen LogP contribution >= 0.6 is 0 Å². The van der Waals surface area contributed by atoms with Crippen molar-refractivity contribution in [2.24, 2.45) is 0 Å². The van der Waals surface area contributed by atoms with Crippen LogP contribution in [0.25, 0.3) is 0 Å². The average Bonchev–Trinajstić information content (AvgIpc) is 2.76. The number of halogens is 1. The molecule has 0 radical (unpaired) electrons. The van der Waals surface area contributed by atoms with Crippen LogP contribution in [-0.2, 0) is 21.5 Å². The fourth-order valence-corrected chi connectivity index (χ4v) is 4.55. The Morgan fingerprint density at radius 2 is 1.66 bits per heavy atom. The minimum atomic E-state index is -0.593. The number of piperazine rings is 1. The van der Waals surface area contributed by atoms with E-state index in [1.54, 1.807) is 12.1 Å². The van der Waals surface area contributed by atoms with E-state index in [2.05, 4.69) is 36.1 Å². The topological polar surface area (TPSA) is 32.8 Å². The van der Waals surface area contributed by atoms with E-state index in [9.17, 15) is 9.18 Å². The van der Waals surface area contributed by atoms with Crippen molar-refractivity contribution in [3.8, 4) is 0 Å². The van der Waals surface area contributed by atoms with Gasteiger partial charge in [0.1, 0.15) is 5.82 Å². The summed E-state index contributed by atoms with van der Waals surface area (Å²) in [5.74, 6) is -0.101. The van der Waals surface area contributed by atoms with Gasteiger partial charge in [-0.3, -0.25) is 9.69 Å². The van der Waals surface area contributed by atoms with Crippen molar-refractivity contribution in [3.63, 3.8) is 0 Å². The molecule has 0 atom stereocenters. The monoisotopic (exact) mass is 396 g/mol. The number of benzene rings is 2. The van der Waals surface area contributed by atoms with Gasteiger partial charge < -0.3 is 9.64 Å². The standard InChI is InChI=1S/C24H29FN2O2/c1-19-4-2-3-5-20(19)18-26-12-14-27(15-13-26)23(28)24(10-16-29-17-11-24)21-6-8-22(25)9-7-21/h2-9H,10-18H2,1H3. The largest absolute Gasteiger partial charge is 0.381 e. The summed E-state index contributed by atoms with van der Waals surface area (Å²) >= 11 is 0. The highest BCUT2D eigenvalue weighted by molar-refractivity contribution is 5.88. The summed E-state index contributed by atoms with van der Waals surface area (Å²) in [4.78, 5) is 18.1. The SMILES string of the molecule is Cc1ccccc1CN1CCN(C(=O)C2(c3ccc(F)cc3)CCOCC2)CC1. The summed E-state index contributed by atoms with van der Waals surface area (Å²) in [6.45, 7) is 7.40. The van der Waals surface area contributed by atoms with Crippen LogP contribution in [0.5, 0.6) is 0 Å². The Morgan fingerprint density at radius 1 is 1.00 bits per heavy atom. The Hall–Kier alpha value is -2.24. The molecule has 0 unspecified atom stereocenters. The molecule has 2 heterocycles. The first kappa shape index (κ1) is 20.0. The summed E-state index contributed by atoms with van der Waals surface area (Å²) in [5.41, 5.74) is 2.97. The molecule has 0 aromatic heterocycles. The van der Waals surface area contributed by atoms with Crippen molar-refractivity contribution < 1.29 is 13.9 Å². The van der Waals surface area contributed by atoms with Gasteiger partial charge in [-0.2, -0.15) is 0 Å². The predicted molar refractivity (Wildman–Crippen MR) is 111 cm³/mol. The van der Waals surface area contributed by atoms with Crippen LogP contribution < -0.4 is 0 Å². The third-order valence-corrected chi connectivity index (χ3v) is 6.47. The second kappa shape index (κ2) is 8.64. The normalized spacial score (nSPS) is 19.9. The smallest absolute Gasteiger partial charge is 0.233 e. The number of carbonyl (C=O) groups excluding carboxylic acids is 1. The minimum absolute atomic E-state index is 0.169. The lowest BCUT2D eigenvalue weighted by Gasteiger charge is -2.43. The molecule has 2 aromatic rings. The number of nitrogens with zero attached hydrogens (tertiary/aromatic N) is 2. The molecule has 0 spiro atoms. The lowest BCUT2D eigenvalue weighted by Crippen LogP contribution is -2.55. The second-order valence-electron chi connectivity index (χ2n) is 8.20. The van der Waals surface area contributed by atoms with Crippen molar-refractivity contribution in [2.75, 3.05) is 39.4 Å². The van der Waals surface area contributed by atoms with Crippen LogP contribution in [-0.4, -0.2) is 55.1 Å². The molecule has 0 bridgehead atoms. The van der Waals surface area contributed by atoms with Gasteiger partial charge in [0.05, 0.1) is 5.41 Å². The fourth-order valence-electron chi connectivity index (χ4n) is 4.55. The molecule has 1 amide bonds. The molecule has 2 saturated heterocycles. The number of carbonyl (C=O) groups is 1. The van der Waals surface area contributed by atoms with Gasteiger partial charge in [0.25, 0.3) is 0 Å². The van der Waals surface area contributed by atoms with Gasteiger partial charge in [-0.25, -0.2) is 4.39 Å². The van der Waals surface area contributed by atoms with Gasteiger partial charge in [-0.15, -0.1) is 0 Å². The minimum Gasteiger partial charge on any atom is -0.381 e. The Morgan fingerprint density at radius 3 is 2.31 bits per heavy atom. The van der Waals surface area contributed by atoms with E-state index in [0.29, 0.717) is 26.1 Å².